The first-order chi connectivity index (χ1) is 15.9. The fourth-order valence-corrected chi connectivity index (χ4v) is 4.82. The number of benzene rings is 2. The number of rotatable bonds is 7. The summed E-state index contributed by atoms with van der Waals surface area (Å²) in [5.41, 5.74) is 4.65. The maximum absolute atomic E-state index is 12.6. The highest BCUT2D eigenvalue weighted by Crippen LogP contribution is 2.44. The predicted octanol–water partition coefficient (Wildman–Crippen LogP) is 3.56. The third-order valence-corrected chi connectivity index (χ3v) is 6.38. The van der Waals surface area contributed by atoms with Crippen molar-refractivity contribution in [3.05, 3.63) is 59.7 Å². The number of ether oxygens (including phenoxy) is 1. The summed E-state index contributed by atoms with van der Waals surface area (Å²) in [6, 6.07) is 16.1. The lowest BCUT2D eigenvalue weighted by atomic mass is 9.85. The molecule has 2 atom stereocenters. The average molecular weight is 453 g/mol. The minimum Gasteiger partial charge on any atom is -0.479 e. The molecule has 1 saturated carbocycles. The van der Waals surface area contributed by atoms with Crippen molar-refractivity contribution in [3.63, 3.8) is 0 Å². The summed E-state index contributed by atoms with van der Waals surface area (Å²) in [5, 5.41) is 12.6. The Morgan fingerprint density at radius 3 is 2.30 bits per heavy atom. The third kappa shape index (κ3) is 5.17. The quantitative estimate of drug-likeness (QED) is 0.623. The molecule has 33 heavy (non-hydrogen) atoms. The molecular formula is C25H28N2O6. The Hall–Kier alpha value is -3.39. The zero-order valence-electron chi connectivity index (χ0n) is 18.5. The topological polar surface area (TPSA) is 105 Å². The van der Waals surface area contributed by atoms with Crippen LogP contribution in [0, 0.1) is 5.92 Å². The van der Waals surface area contributed by atoms with Crippen molar-refractivity contribution in [1.82, 2.24) is 10.4 Å². The molecule has 0 aliphatic heterocycles. The van der Waals surface area contributed by atoms with Gasteiger partial charge in [-0.1, -0.05) is 55.0 Å². The molecule has 8 nitrogen and oxygen atoms in total. The standard InChI is InChI=1S/C25H28N2O6/c1-27(33-15-23(28)29)24(30)16-7-6-8-17(13-16)26-25(31)32-14-22-20-11-4-2-9-18(20)19-10-3-5-12-21(19)22/h2-5,9-12,16-17,22H,6-8,13-15H2,1H3,(H,26,31)(H,28,29)/t16-,17+/m0/s1. The average Bonchev–Trinajstić information content (AvgIpc) is 3.14. The van der Waals surface area contributed by atoms with E-state index in [0.29, 0.717) is 12.8 Å². The smallest absolute Gasteiger partial charge is 0.407 e. The number of hydroxylamine groups is 2. The highest BCUT2D eigenvalue weighted by atomic mass is 16.7. The number of fused-ring (bicyclic) bond motifs is 3. The monoisotopic (exact) mass is 452 g/mol. The van der Waals surface area contributed by atoms with Gasteiger partial charge in [0, 0.05) is 24.9 Å². The minimum absolute atomic E-state index is 0.0103. The lowest BCUT2D eigenvalue weighted by molar-refractivity contribution is -0.190. The van der Waals surface area contributed by atoms with Gasteiger partial charge in [0.05, 0.1) is 0 Å². The van der Waals surface area contributed by atoms with Gasteiger partial charge in [-0.3, -0.25) is 9.63 Å². The van der Waals surface area contributed by atoms with Crippen molar-refractivity contribution in [2.75, 3.05) is 20.3 Å². The molecule has 174 valence electrons. The second kappa shape index (κ2) is 10.0. The summed E-state index contributed by atoms with van der Waals surface area (Å²) in [5.74, 6) is -1.77. The molecule has 0 unspecified atom stereocenters. The van der Waals surface area contributed by atoms with Gasteiger partial charge in [-0.05, 0) is 41.5 Å². The summed E-state index contributed by atoms with van der Waals surface area (Å²) in [6.07, 6.45) is 2.17. The Balaban J connectivity index is 1.31. The molecule has 8 heteroatoms. The van der Waals surface area contributed by atoms with Gasteiger partial charge in [0.15, 0.2) is 6.61 Å². The maximum atomic E-state index is 12.6. The summed E-state index contributed by atoms with van der Waals surface area (Å²) in [4.78, 5) is 40.7. The Labute approximate surface area is 192 Å². The number of hydrogen-bond donors (Lipinski definition) is 2. The van der Waals surface area contributed by atoms with Crippen LogP contribution in [0.4, 0.5) is 4.79 Å². The van der Waals surface area contributed by atoms with Crippen LogP contribution in [0.25, 0.3) is 11.1 Å². The lowest BCUT2D eigenvalue weighted by Gasteiger charge is -2.30. The predicted molar refractivity (Wildman–Crippen MR) is 120 cm³/mol. The summed E-state index contributed by atoms with van der Waals surface area (Å²) in [7, 11) is 1.41. The van der Waals surface area contributed by atoms with Crippen molar-refractivity contribution < 1.29 is 29.1 Å². The number of carboxylic acid groups (broad SMARTS) is 1. The number of amides is 2. The van der Waals surface area contributed by atoms with Gasteiger partial charge in [0.2, 0.25) is 5.91 Å². The van der Waals surface area contributed by atoms with E-state index in [2.05, 4.69) is 29.6 Å². The second-order valence-electron chi connectivity index (χ2n) is 8.53. The van der Waals surface area contributed by atoms with Crippen molar-refractivity contribution in [1.29, 1.82) is 0 Å². The fraction of sp³-hybridized carbons (Fsp3) is 0.400. The fourth-order valence-electron chi connectivity index (χ4n) is 4.82. The van der Waals surface area contributed by atoms with Crippen LogP contribution < -0.4 is 5.32 Å². The molecule has 0 bridgehead atoms. The molecule has 0 radical (unpaired) electrons. The van der Waals surface area contributed by atoms with Gasteiger partial charge in [-0.25, -0.2) is 14.7 Å². The van der Waals surface area contributed by atoms with Crippen LogP contribution in [0.3, 0.4) is 0 Å². The van der Waals surface area contributed by atoms with E-state index in [-0.39, 0.29) is 30.4 Å². The van der Waals surface area contributed by atoms with Crippen LogP contribution >= 0.6 is 0 Å². The zero-order valence-corrected chi connectivity index (χ0v) is 18.5. The number of carboxylic acids is 1. The molecular weight excluding hydrogens is 424 g/mol. The Kier molecular flexibility index (Phi) is 6.93. The first-order valence-electron chi connectivity index (χ1n) is 11.2. The Morgan fingerprint density at radius 2 is 1.67 bits per heavy atom. The van der Waals surface area contributed by atoms with Gasteiger partial charge in [0.1, 0.15) is 6.61 Å². The molecule has 0 spiro atoms. The molecule has 2 aliphatic carbocycles. The van der Waals surface area contributed by atoms with Crippen molar-refractivity contribution in [2.45, 2.75) is 37.6 Å². The molecule has 2 amide bonds. The molecule has 0 saturated heterocycles. The van der Waals surface area contributed by atoms with Crippen LogP contribution in [0.1, 0.15) is 42.7 Å². The molecule has 2 aromatic rings. The molecule has 1 fully saturated rings. The first kappa shape index (κ1) is 22.8. The van der Waals surface area contributed by atoms with E-state index in [1.165, 1.54) is 18.2 Å². The van der Waals surface area contributed by atoms with E-state index in [0.717, 1.165) is 29.0 Å². The van der Waals surface area contributed by atoms with Crippen LogP contribution in [0.15, 0.2) is 48.5 Å². The van der Waals surface area contributed by atoms with E-state index in [1.807, 2.05) is 24.3 Å². The highest BCUT2D eigenvalue weighted by Gasteiger charge is 2.32. The van der Waals surface area contributed by atoms with Crippen molar-refractivity contribution in [2.24, 2.45) is 5.92 Å². The highest BCUT2D eigenvalue weighted by molar-refractivity contribution is 5.79. The van der Waals surface area contributed by atoms with Crippen LogP contribution in [-0.2, 0) is 19.2 Å². The normalized spacial score (nSPS) is 19.3. The van der Waals surface area contributed by atoms with Gasteiger partial charge < -0.3 is 15.2 Å². The second-order valence-corrected chi connectivity index (χ2v) is 8.53. The first-order valence-corrected chi connectivity index (χ1v) is 11.2. The minimum atomic E-state index is -1.15. The summed E-state index contributed by atoms with van der Waals surface area (Å²) in [6.45, 7) is -0.336. The molecule has 0 heterocycles. The SMILES string of the molecule is CN(OCC(=O)O)C(=O)[C@H]1CCC[C@@H](NC(=O)OCC2c3ccccc3-c3ccccc32)C1. The van der Waals surface area contributed by atoms with Crippen molar-refractivity contribution >= 4 is 18.0 Å². The number of nitrogens with one attached hydrogen (secondary N) is 1. The molecule has 2 aliphatic rings. The Bertz CT molecular complexity index is 994. The molecule has 0 aromatic heterocycles. The Morgan fingerprint density at radius 1 is 1.03 bits per heavy atom. The van der Waals surface area contributed by atoms with Crippen LogP contribution in [0.2, 0.25) is 0 Å². The van der Waals surface area contributed by atoms with Gasteiger partial charge in [-0.2, -0.15) is 0 Å². The molecule has 2 aromatic carbocycles. The molecule has 4 rings (SSSR count). The molecule has 2 N–H and O–H groups in total. The van der Waals surface area contributed by atoms with Crippen LogP contribution in [-0.4, -0.2) is 54.4 Å². The number of alkyl carbamates (subject to hydrolysis) is 1. The summed E-state index contributed by atoms with van der Waals surface area (Å²) >= 11 is 0. The number of aliphatic carboxylic acids is 1. The van der Waals surface area contributed by atoms with Crippen LogP contribution in [0.5, 0.6) is 0 Å². The van der Waals surface area contributed by atoms with E-state index in [1.54, 1.807) is 0 Å². The lowest BCUT2D eigenvalue weighted by Crippen LogP contribution is -2.43. The number of carbonyl (C=O) groups is 3. The number of hydrogen-bond acceptors (Lipinski definition) is 5. The third-order valence-electron chi connectivity index (χ3n) is 6.38. The largest absolute Gasteiger partial charge is 0.479 e. The van der Waals surface area contributed by atoms with Crippen molar-refractivity contribution in [3.8, 4) is 11.1 Å². The van der Waals surface area contributed by atoms with E-state index in [4.69, 9.17) is 14.7 Å². The number of carbonyl (C=O) groups excluding carboxylic acids is 2. The van der Waals surface area contributed by atoms with E-state index >= 15 is 0 Å². The number of nitrogens with zero attached hydrogens (tertiary/aromatic N) is 1. The van der Waals surface area contributed by atoms with E-state index < -0.39 is 18.7 Å². The summed E-state index contributed by atoms with van der Waals surface area (Å²) < 4.78 is 5.62. The van der Waals surface area contributed by atoms with Gasteiger partial charge >= 0.3 is 12.1 Å². The van der Waals surface area contributed by atoms with Gasteiger partial charge in [0.25, 0.3) is 0 Å². The van der Waals surface area contributed by atoms with E-state index in [9.17, 15) is 14.4 Å². The van der Waals surface area contributed by atoms with Gasteiger partial charge in [-0.15, -0.1) is 0 Å². The zero-order chi connectivity index (χ0) is 23.4. The maximum Gasteiger partial charge on any atom is 0.407 e.